The van der Waals surface area contributed by atoms with Crippen molar-refractivity contribution >= 4 is 22.2 Å². The summed E-state index contributed by atoms with van der Waals surface area (Å²) in [4.78, 5) is 12.9. The SMILES string of the molecule is Cc1ccc(C2C3=C(CCCC3=O)Nc3ccc4ccccc4c32)cc1. The number of anilines is 1. The van der Waals surface area contributed by atoms with Gasteiger partial charge in [-0.15, -0.1) is 0 Å². The van der Waals surface area contributed by atoms with Crippen molar-refractivity contribution in [3.63, 3.8) is 0 Å². The van der Waals surface area contributed by atoms with Crippen LogP contribution < -0.4 is 5.32 Å². The highest BCUT2D eigenvalue weighted by Gasteiger charge is 2.35. The molecule has 2 heteroatoms. The normalized spacial score (nSPS) is 19.1. The highest BCUT2D eigenvalue weighted by Crippen LogP contribution is 2.47. The van der Waals surface area contributed by atoms with Gasteiger partial charge in [-0.2, -0.15) is 0 Å². The van der Waals surface area contributed by atoms with Gasteiger partial charge in [-0.3, -0.25) is 4.79 Å². The molecule has 1 N–H and O–H groups in total. The van der Waals surface area contributed by atoms with Crippen LogP contribution in [0, 0.1) is 6.92 Å². The van der Waals surface area contributed by atoms with E-state index in [9.17, 15) is 4.79 Å². The first-order valence-corrected chi connectivity index (χ1v) is 9.34. The van der Waals surface area contributed by atoms with E-state index in [1.54, 1.807) is 0 Å². The predicted molar refractivity (Wildman–Crippen MR) is 106 cm³/mol. The Balaban J connectivity index is 1.83. The third kappa shape index (κ3) is 2.29. The van der Waals surface area contributed by atoms with Gasteiger partial charge in [0.05, 0.1) is 0 Å². The summed E-state index contributed by atoms with van der Waals surface area (Å²) < 4.78 is 0. The molecule has 0 amide bonds. The second-order valence-electron chi connectivity index (χ2n) is 7.39. The van der Waals surface area contributed by atoms with Crippen LogP contribution in [0.1, 0.15) is 41.9 Å². The van der Waals surface area contributed by atoms with Gasteiger partial charge in [-0.05, 0) is 47.7 Å². The Morgan fingerprint density at radius 3 is 2.58 bits per heavy atom. The zero-order chi connectivity index (χ0) is 17.7. The van der Waals surface area contributed by atoms with Crippen molar-refractivity contribution in [3.8, 4) is 0 Å². The molecular formula is C24H21NO. The van der Waals surface area contributed by atoms with Crippen LogP contribution >= 0.6 is 0 Å². The first-order chi connectivity index (χ1) is 12.7. The molecule has 3 aromatic carbocycles. The van der Waals surface area contributed by atoms with Crippen LogP contribution in [0.5, 0.6) is 0 Å². The van der Waals surface area contributed by atoms with E-state index in [1.807, 2.05) is 0 Å². The largest absolute Gasteiger partial charge is 0.358 e. The van der Waals surface area contributed by atoms with Gasteiger partial charge in [0, 0.05) is 29.3 Å². The van der Waals surface area contributed by atoms with E-state index in [2.05, 4.69) is 72.9 Å². The van der Waals surface area contributed by atoms with Crippen molar-refractivity contribution in [3.05, 3.63) is 88.6 Å². The number of carbonyl (C=O) groups excluding carboxylic acids is 1. The average molecular weight is 339 g/mol. The van der Waals surface area contributed by atoms with Crippen LogP contribution in [-0.4, -0.2) is 5.78 Å². The van der Waals surface area contributed by atoms with E-state index in [0.29, 0.717) is 12.2 Å². The van der Waals surface area contributed by atoms with Crippen LogP contribution in [0.25, 0.3) is 10.8 Å². The average Bonchev–Trinajstić information content (AvgIpc) is 2.67. The molecule has 0 saturated carbocycles. The fourth-order valence-electron chi connectivity index (χ4n) is 4.44. The summed E-state index contributed by atoms with van der Waals surface area (Å²) in [5, 5.41) is 6.04. The number of allylic oxidation sites excluding steroid dienone is 2. The van der Waals surface area contributed by atoms with Crippen molar-refractivity contribution in [2.75, 3.05) is 5.32 Å². The first kappa shape index (κ1) is 15.4. The first-order valence-electron chi connectivity index (χ1n) is 9.34. The van der Waals surface area contributed by atoms with Crippen molar-refractivity contribution < 1.29 is 4.79 Å². The Kier molecular flexibility index (Phi) is 3.46. The lowest BCUT2D eigenvalue weighted by molar-refractivity contribution is -0.116. The van der Waals surface area contributed by atoms with Gasteiger partial charge in [-0.25, -0.2) is 0 Å². The summed E-state index contributed by atoms with van der Waals surface area (Å²) in [6, 6.07) is 21.5. The summed E-state index contributed by atoms with van der Waals surface area (Å²) in [6.45, 7) is 2.10. The number of hydrogen-bond donors (Lipinski definition) is 1. The minimum absolute atomic E-state index is 0.0146. The minimum atomic E-state index is 0.0146. The number of Topliss-reactive ketones (excluding diaryl/α,β-unsaturated/α-hetero) is 1. The molecule has 1 heterocycles. The molecule has 1 unspecified atom stereocenters. The molecule has 0 saturated heterocycles. The molecule has 26 heavy (non-hydrogen) atoms. The third-order valence-electron chi connectivity index (χ3n) is 5.70. The highest BCUT2D eigenvalue weighted by molar-refractivity contribution is 6.04. The maximum absolute atomic E-state index is 12.9. The topological polar surface area (TPSA) is 29.1 Å². The second kappa shape index (κ2) is 5.84. The molecule has 5 rings (SSSR count). The zero-order valence-corrected chi connectivity index (χ0v) is 14.9. The van der Waals surface area contributed by atoms with Crippen LogP contribution in [0.15, 0.2) is 71.9 Å². The molecule has 2 nitrogen and oxygen atoms in total. The van der Waals surface area contributed by atoms with Crippen LogP contribution in [0.2, 0.25) is 0 Å². The van der Waals surface area contributed by atoms with Gasteiger partial charge in [0.1, 0.15) is 0 Å². The van der Waals surface area contributed by atoms with Gasteiger partial charge in [0.2, 0.25) is 0 Å². The number of rotatable bonds is 1. The van der Waals surface area contributed by atoms with Crippen LogP contribution in [0.3, 0.4) is 0 Å². The minimum Gasteiger partial charge on any atom is -0.358 e. The summed E-state index contributed by atoms with van der Waals surface area (Å²) >= 11 is 0. The number of aryl methyl sites for hydroxylation is 1. The standard InChI is InChI=1S/C24H21NO/c1-15-9-11-17(12-10-15)22-23-18-6-3-2-5-16(18)13-14-20(23)25-19-7-4-8-21(26)24(19)22/h2-3,5-6,9-14,22,25H,4,7-8H2,1H3. The number of carbonyl (C=O) groups is 1. The Morgan fingerprint density at radius 1 is 0.923 bits per heavy atom. The van der Waals surface area contributed by atoms with Crippen molar-refractivity contribution in [2.45, 2.75) is 32.1 Å². The molecular weight excluding hydrogens is 318 g/mol. The maximum Gasteiger partial charge on any atom is 0.161 e. The molecule has 3 aromatic rings. The number of benzene rings is 3. The number of hydrogen-bond acceptors (Lipinski definition) is 2. The predicted octanol–water partition coefficient (Wildman–Crippen LogP) is 5.71. The number of nitrogens with one attached hydrogen (secondary N) is 1. The summed E-state index contributed by atoms with van der Waals surface area (Å²) in [6.07, 6.45) is 2.55. The Labute approximate surface area is 153 Å². The number of ketones is 1. The zero-order valence-electron chi connectivity index (χ0n) is 14.9. The van der Waals surface area contributed by atoms with Gasteiger partial charge < -0.3 is 5.32 Å². The third-order valence-corrected chi connectivity index (χ3v) is 5.70. The van der Waals surface area contributed by atoms with E-state index in [-0.39, 0.29) is 5.92 Å². The smallest absolute Gasteiger partial charge is 0.161 e. The quantitative estimate of drug-likeness (QED) is 0.615. The van der Waals surface area contributed by atoms with Crippen molar-refractivity contribution in [2.24, 2.45) is 0 Å². The van der Waals surface area contributed by atoms with E-state index in [4.69, 9.17) is 0 Å². The fraction of sp³-hybridized carbons (Fsp3) is 0.208. The maximum atomic E-state index is 12.9. The van der Waals surface area contributed by atoms with Gasteiger partial charge in [0.25, 0.3) is 0 Å². The highest BCUT2D eigenvalue weighted by atomic mass is 16.1. The fourth-order valence-corrected chi connectivity index (χ4v) is 4.44. The van der Waals surface area contributed by atoms with Crippen LogP contribution in [0.4, 0.5) is 5.69 Å². The molecule has 2 aliphatic rings. The van der Waals surface area contributed by atoms with Crippen molar-refractivity contribution in [1.82, 2.24) is 0 Å². The molecule has 0 radical (unpaired) electrons. The van der Waals surface area contributed by atoms with Crippen LogP contribution in [-0.2, 0) is 4.79 Å². The Bertz CT molecular complexity index is 1060. The Hall–Kier alpha value is -2.87. The molecule has 1 aliphatic heterocycles. The second-order valence-corrected chi connectivity index (χ2v) is 7.39. The van der Waals surface area contributed by atoms with E-state index in [1.165, 1.54) is 27.5 Å². The van der Waals surface area contributed by atoms with Crippen molar-refractivity contribution in [1.29, 1.82) is 0 Å². The van der Waals surface area contributed by atoms with E-state index < -0.39 is 0 Å². The van der Waals surface area contributed by atoms with E-state index >= 15 is 0 Å². The molecule has 0 fully saturated rings. The van der Waals surface area contributed by atoms with Gasteiger partial charge in [-0.1, -0.05) is 60.2 Å². The summed E-state index contributed by atoms with van der Waals surface area (Å²) in [7, 11) is 0. The van der Waals surface area contributed by atoms with E-state index in [0.717, 1.165) is 29.8 Å². The molecule has 0 bridgehead atoms. The molecule has 0 spiro atoms. The lowest BCUT2D eigenvalue weighted by Gasteiger charge is -2.35. The molecule has 0 aromatic heterocycles. The molecule has 1 aliphatic carbocycles. The molecule has 128 valence electrons. The lowest BCUT2D eigenvalue weighted by atomic mass is 9.74. The summed E-state index contributed by atoms with van der Waals surface area (Å²) in [5.41, 5.74) is 6.92. The monoisotopic (exact) mass is 339 g/mol. The van der Waals surface area contributed by atoms with Gasteiger partial charge in [0.15, 0.2) is 5.78 Å². The van der Waals surface area contributed by atoms with Gasteiger partial charge >= 0.3 is 0 Å². The Morgan fingerprint density at radius 2 is 1.73 bits per heavy atom. The number of fused-ring (bicyclic) bond motifs is 3. The molecule has 1 atom stereocenters. The lowest BCUT2D eigenvalue weighted by Crippen LogP contribution is -2.27. The summed E-state index contributed by atoms with van der Waals surface area (Å²) in [5.74, 6) is 0.309.